The van der Waals surface area contributed by atoms with Crippen molar-refractivity contribution in [2.45, 2.75) is 69.6 Å². The van der Waals surface area contributed by atoms with Crippen molar-refractivity contribution in [1.82, 2.24) is 20.1 Å². The second-order valence-electron chi connectivity index (χ2n) is 7.40. The van der Waals surface area contributed by atoms with Crippen molar-refractivity contribution in [2.75, 3.05) is 5.75 Å². The summed E-state index contributed by atoms with van der Waals surface area (Å²) in [4.78, 5) is 24.4. The zero-order chi connectivity index (χ0) is 19.9. The molecule has 7 heteroatoms. The minimum atomic E-state index is -0.506. The summed E-state index contributed by atoms with van der Waals surface area (Å²) in [5, 5.41) is 12.2. The van der Waals surface area contributed by atoms with Crippen LogP contribution < -0.4 is 5.32 Å². The van der Waals surface area contributed by atoms with E-state index >= 15 is 0 Å². The fraction of sp³-hybridized carbons (Fsp3) is 0.524. The Kier molecular flexibility index (Phi) is 7.25. The molecule has 1 fully saturated rings. The summed E-state index contributed by atoms with van der Waals surface area (Å²) < 4.78 is 2.18. The largest absolute Gasteiger partial charge is 0.345 e. The molecule has 0 spiro atoms. The van der Waals surface area contributed by atoms with E-state index in [1.807, 2.05) is 37.3 Å². The van der Waals surface area contributed by atoms with Gasteiger partial charge in [-0.25, -0.2) is 0 Å². The monoisotopic (exact) mass is 400 g/mol. The lowest BCUT2D eigenvalue weighted by atomic mass is 9.95. The first-order chi connectivity index (χ1) is 13.5. The van der Waals surface area contributed by atoms with Gasteiger partial charge in [0.2, 0.25) is 5.91 Å². The minimum absolute atomic E-state index is 0.0385. The van der Waals surface area contributed by atoms with Gasteiger partial charge < -0.3 is 9.88 Å². The molecule has 1 unspecified atom stereocenters. The van der Waals surface area contributed by atoms with Crippen LogP contribution in [0.1, 0.15) is 56.5 Å². The Labute approximate surface area is 170 Å². The molecule has 2 aromatic rings. The van der Waals surface area contributed by atoms with E-state index in [2.05, 4.69) is 20.1 Å². The van der Waals surface area contributed by atoms with Gasteiger partial charge in [0.1, 0.15) is 5.82 Å². The molecule has 1 aliphatic rings. The summed E-state index contributed by atoms with van der Waals surface area (Å²) in [6.07, 6.45) is 6.53. The number of hydrogen-bond acceptors (Lipinski definition) is 5. The third kappa shape index (κ3) is 5.44. The number of Topliss-reactive ketones (excluding diaryl/α,β-unsaturated/α-hetero) is 1. The van der Waals surface area contributed by atoms with Gasteiger partial charge in [-0.3, -0.25) is 9.59 Å². The van der Waals surface area contributed by atoms with Crippen molar-refractivity contribution in [1.29, 1.82) is 0 Å². The predicted octanol–water partition coefficient (Wildman–Crippen LogP) is 3.50. The average molecular weight is 401 g/mol. The van der Waals surface area contributed by atoms with Crippen molar-refractivity contribution in [3.05, 3.63) is 41.7 Å². The Balaban J connectivity index is 1.58. The maximum atomic E-state index is 12.5. The number of hydrogen-bond donors (Lipinski definition) is 1. The van der Waals surface area contributed by atoms with Crippen LogP contribution in [0.5, 0.6) is 0 Å². The number of amides is 1. The van der Waals surface area contributed by atoms with Gasteiger partial charge in [-0.05, 0) is 38.7 Å². The van der Waals surface area contributed by atoms with Crippen LogP contribution in [0.15, 0.2) is 35.5 Å². The van der Waals surface area contributed by atoms with Crippen LogP contribution in [-0.4, -0.2) is 38.2 Å². The molecule has 1 aromatic carbocycles. The summed E-state index contributed by atoms with van der Waals surface area (Å²) in [6, 6.07) is 9.66. The number of carbonyl (C=O) groups excluding carboxylic acids is 2. The molecule has 1 amide bonds. The lowest BCUT2D eigenvalue weighted by Gasteiger charge is -2.25. The minimum Gasteiger partial charge on any atom is -0.345 e. The quantitative estimate of drug-likeness (QED) is 0.686. The SMILES string of the molecule is CC(=O)C(Cc1ccccc1)NC(=O)CSc1nnc(C)n1C1CCCCC1. The summed E-state index contributed by atoms with van der Waals surface area (Å²) in [5.41, 5.74) is 1.03. The molecule has 1 N–H and O–H groups in total. The average Bonchev–Trinajstić information content (AvgIpc) is 3.07. The molecular formula is C21H28N4O2S. The molecule has 28 heavy (non-hydrogen) atoms. The molecule has 1 heterocycles. The number of nitrogens with one attached hydrogen (secondary N) is 1. The van der Waals surface area contributed by atoms with E-state index < -0.39 is 6.04 Å². The van der Waals surface area contributed by atoms with Gasteiger partial charge in [0.15, 0.2) is 10.9 Å². The normalized spacial score (nSPS) is 15.9. The second-order valence-corrected chi connectivity index (χ2v) is 8.34. The van der Waals surface area contributed by atoms with E-state index in [-0.39, 0.29) is 17.4 Å². The zero-order valence-electron chi connectivity index (χ0n) is 16.6. The molecule has 150 valence electrons. The van der Waals surface area contributed by atoms with Gasteiger partial charge in [0, 0.05) is 6.04 Å². The van der Waals surface area contributed by atoms with Gasteiger partial charge >= 0.3 is 0 Å². The summed E-state index contributed by atoms with van der Waals surface area (Å²) in [5.74, 6) is 0.935. The van der Waals surface area contributed by atoms with Crippen LogP contribution in [-0.2, 0) is 16.0 Å². The maximum absolute atomic E-state index is 12.5. The Morgan fingerprint density at radius 1 is 1.18 bits per heavy atom. The molecule has 1 aromatic heterocycles. The second kappa shape index (κ2) is 9.87. The number of ketones is 1. The molecule has 1 saturated carbocycles. The number of aromatic nitrogens is 3. The van der Waals surface area contributed by atoms with Crippen molar-refractivity contribution >= 4 is 23.5 Å². The Morgan fingerprint density at radius 3 is 2.57 bits per heavy atom. The van der Waals surface area contributed by atoms with Gasteiger partial charge in [-0.2, -0.15) is 0 Å². The zero-order valence-corrected chi connectivity index (χ0v) is 17.4. The molecule has 1 atom stereocenters. The van der Waals surface area contributed by atoms with Crippen molar-refractivity contribution < 1.29 is 9.59 Å². The molecule has 0 saturated heterocycles. The summed E-state index contributed by atoms with van der Waals surface area (Å²) in [7, 11) is 0. The fourth-order valence-electron chi connectivity index (χ4n) is 3.72. The first kappa shape index (κ1) is 20.6. The molecular weight excluding hydrogens is 372 g/mol. The summed E-state index contributed by atoms with van der Waals surface area (Å²) in [6.45, 7) is 3.49. The van der Waals surface area contributed by atoms with Crippen LogP contribution in [0.2, 0.25) is 0 Å². The van der Waals surface area contributed by atoms with Gasteiger partial charge in [-0.15, -0.1) is 10.2 Å². The van der Waals surface area contributed by atoms with Crippen LogP contribution in [0.3, 0.4) is 0 Å². The summed E-state index contributed by atoms with van der Waals surface area (Å²) >= 11 is 1.40. The van der Waals surface area contributed by atoms with Crippen LogP contribution >= 0.6 is 11.8 Å². The first-order valence-corrected chi connectivity index (χ1v) is 10.9. The van der Waals surface area contributed by atoms with Crippen molar-refractivity contribution in [3.63, 3.8) is 0 Å². The van der Waals surface area contributed by atoms with E-state index in [9.17, 15) is 9.59 Å². The van der Waals surface area contributed by atoms with E-state index in [4.69, 9.17) is 0 Å². The highest BCUT2D eigenvalue weighted by atomic mass is 32.2. The number of rotatable bonds is 8. The van der Waals surface area contributed by atoms with Crippen LogP contribution in [0.4, 0.5) is 0 Å². The highest BCUT2D eigenvalue weighted by molar-refractivity contribution is 7.99. The van der Waals surface area contributed by atoms with Crippen LogP contribution in [0, 0.1) is 6.92 Å². The number of carbonyl (C=O) groups is 2. The smallest absolute Gasteiger partial charge is 0.231 e. The number of benzene rings is 1. The van der Waals surface area contributed by atoms with E-state index in [0.29, 0.717) is 12.5 Å². The third-order valence-electron chi connectivity index (χ3n) is 5.22. The third-order valence-corrected chi connectivity index (χ3v) is 6.16. The first-order valence-electron chi connectivity index (χ1n) is 9.92. The number of thioether (sulfide) groups is 1. The van der Waals surface area contributed by atoms with E-state index in [1.165, 1.54) is 37.9 Å². The molecule has 6 nitrogen and oxygen atoms in total. The van der Waals surface area contributed by atoms with Crippen molar-refractivity contribution in [2.24, 2.45) is 0 Å². The Bertz CT molecular complexity index is 800. The molecule has 0 aliphatic heterocycles. The number of aryl methyl sites for hydroxylation is 1. The molecule has 0 radical (unpaired) electrons. The highest BCUT2D eigenvalue weighted by Gasteiger charge is 2.23. The standard InChI is InChI=1S/C21H28N4O2S/c1-15(26)19(13-17-9-5-3-6-10-17)22-20(27)14-28-21-24-23-16(2)25(21)18-11-7-4-8-12-18/h3,5-6,9-10,18-19H,4,7-8,11-14H2,1-2H3,(H,22,27). The number of nitrogens with zero attached hydrogens (tertiary/aromatic N) is 3. The highest BCUT2D eigenvalue weighted by Crippen LogP contribution is 2.32. The van der Waals surface area contributed by atoms with Crippen molar-refractivity contribution in [3.8, 4) is 0 Å². The lowest BCUT2D eigenvalue weighted by Crippen LogP contribution is -2.42. The maximum Gasteiger partial charge on any atom is 0.231 e. The molecule has 0 bridgehead atoms. The molecule has 1 aliphatic carbocycles. The lowest BCUT2D eigenvalue weighted by molar-refractivity contribution is -0.125. The Morgan fingerprint density at radius 2 is 1.89 bits per heavy atom. The van der Waals surface area contributed by atoms with Gasteiger partial charge in [0.05, 0.1) is 11.8 Å². The van der Waals surface area contributed by atoms with E-state index in [1.54, 1.807) is 0 Å². The van der Waals surface area contributed by atoms with Crippen LogP contribution in [0.25, 0.3) is 0 Å². The van der Waals surface area contributed by atoms with Gasteiger partial charge in [-0.1, -0.05) is 61.4 Å². The van der Waals surface area contributed by atoms with E-state index in [0.717, 1.165) is 29.4 Å². The fourth-order valence-corrected chi connectivity index (χ4v) is 4.58. The Hall–Kier alpha value is -2.15. The predicted molar refractivity (Wildman–Crippen MR) is 110 cm³/mol. The topological polar surface area (TPSA) is 76.9 Å². The van der Waals surface area contributed by atoms with Gasteiger partial charge in [0.25, 0.3) is 0 Å². The molecule has 3 rings (SSSR count).